The minimum atomic E-state index is -1.14. The van der Waals surface area contributed by atoms with E-state index in [1.165, 1.54) is 74.5 Å². The lowest BCUT2D eigenvalue weighted by Gasteiger charge is -2.50. The Kier molecular flexibility index (Phi) is 13.0. The lowest BCUT2D eigenvalue weighted by molar-refractivity contribution is -0.941. The first-order valence-electron chi connectivity index (χ1n) is 17.9. The molecule has 0 radical (unpaired) electrons. The number of hydrogen-bond donors (Lipinski definition) is 0. The van der Waals surface area contributed by atoms with Crippen molar-refractivity contribution in [1.82, 2.24) is 4.90 Å². The number of carbonyl (C=O) groups is 2. The van der Waals surface area contributed by atoms with E-state index in [2.05, 4.69) is 4.90 Å². The SMILES string of the molecule is CCN(C(=O)C1CN(c2cc(OC)cc(OC)c2)c2cc(OCCCCCCC[N+]34CCN(CC3)CC4)ccc2C1=O)c1cc(F)cc(F)c1.[Br-]. The van der Waals surface area contributed by atoms with Crippen molar-refractivity contribution in [2.75, 3.05) is 89.5 Å². The molecule has 0 saturated carbocycles. The summed E-state index contributed by atoms with van der Waals surface area (Å²) in [5, 5.41) is 0. The van der Waals surface area contributed by atoms with Gasteiger partial charge in [0, 0.05) is 80.0 Å². The average Bonchev–Trinajstić information content (AvgIpc) is 3.13. The molecule has 12 heteroatoms. The summed E-state index contributed by atoms with van der Waals surface area (Å²) >= 11 is 0. The molecule has 3 aromatic rings. The Bertz CT molecular complexity index is 1630. The van der Waals surface area contributed by atoms with Gasteiger partial charge in [-0.15, -0.1) is 0 Å². The van der Waals surface area contributed by atoms with Gasteiger partial charge in [0.2, 0.25) is 5.91 Å². The third-order valence-electron chi connectivity index (χ3n) is 10.6. The van der Waals surface area contributed by atoms with Gasteiger partial charge in [0.1, 0.15) is 34.8 Å². The second-order valence-corrected chi connectivity index (χ2v) is 13.7. The molecule has 2 bridgehead atoms. The molecule has 4 heterocycles. The molecule has 1 atom stereocenters. The number of ether oxygens (including phenoxy) is 3. The second-order valence-electron chi connectivity index (χ2n) is 13.7. The van der Waals surface area contributed by atoms with Crippen LogP contribution in [0.2, 0.25) is 0 Å². The van der Waals surface area contributed by atoms with E-state index in [0.29, 0.717) is 40.8 Å². The van der Waals surface area contributed by atoms with Gasteiger partial charge in [0.05, 0.1) is 52.7 Å². The van der Waals surface area contributed by atoms with Gasteiger partial charge < -0.3 is 45.5 Å². The van der Waals surface area contributed by atoms with Crippen molar-refractivity contribution >= 4 is 28.8 Å². The van der Waals surface area contributed by atoms with Crippen LogP contribution in [0.15, 0.2) is 54.6 Å². The smallest absolute Gasteiger partial charge is 0.239 e. The molecule has 3 fully saturated rings. The van der Waals surface area contributed by atoms with Gasteiger partial charge in [-0.1, -0.05) is 12.8 Å². The molecule has 3 saturated heterocycles. The van der Waals surface area contributed by atoms with Gasteiger partial charge in [-0.2, -0.15) is 0 Å². The van der Waals surface area contributed by atoms with E-state index in [0.717, 1.165) is 31.0 Å². The summed E-state index contributed by atoms with van der Waals surface area (Å²) in [6, 6.07) is 13.6. The minimum Gasteiger partial charge on any atom is -1.00 e. The largest absolute Gasteiger partial charge is 1.00 e. The van der Waals surface area contributed by atoms with E-state index in [-0.39, 0.29) is 41.5 Å². The van der Waals surface area contributed by atoms with Gasteiger partial charge in [-0.25, -0.2) is 8.78 Å². The molecule has 51 heavy (non-hydrogen) atoms. The van der Waals surface area contributed by atoms with Crippen LogP contribution in [0.3, 0.4) is 0 Å². The van der Waals surface area contributed by atoms with Crippen LogP contribution >= 0.6 is 0 Å². The zero-order valence-corrected chi connectivity index (χ0v) is 31.4. The molecule has 4 aliphatic heterocycles. The first-order valence-corrected chi connectivity index (χ1v) is 17.9. The summed E-state index contributed by atoms with van der Waals surface area (Å²) in [6.07, 6.45) is 5.74. The molecule has 7 rings (SSSR count). The zero-order chi connectivity index (χ0) is 35.3. The first kappa shape index (κ1) is 38.5. The fourth-order valence-electron chi connectivity index (χ4n) is 7.65. The second kappa shape index (κ2) is 17.2. The van der Waals surface area contributed by atoms with Crippen LogP contribution in [0, 0.1) is 17.6 Å². The highest BCUT2D eigenvalue weighted by Crippen LogP contribution is 2.41. The van der Waals surface area contributed by atoms with Crippen molar-refractivity contribution in [3.05, 3.63) is 71.8 Å². The quantitative estimate of drug-likeness (QED) is 0.133. The summed E-state index contributed by atoms with van der Waals surface area (Å²) < 4.78 is 46.9. The van der Waals surface area contributed by atoms with Crippen LogP contribution in [0.4, 0.5) is 25.8 Å². The normalized spacial score (nSPS) is 20.7. The minimum absolute atomic E-state index is 0. The molecular weight excluding hydrogens is 722 g/mol. The Morgan fingerprint density at radius 2 is 1.47 bits per heavy atom. The van der Waals surface area contributed by atoms with Crippen LogP contribution in [0.5, 0.6) is 17.2 Å². The molecule has 9 nitrogen and oxygen atoms in total. The number of rotatable bonds is 15. The van der Waals surface area contributed by atoms with E-state index in [4.69, 9.17) is 14.2 Å². The third kappa shape index (κ3) is 8.84. The van der Waals surface area contributed by atoms with Crippen LogP contribution in [-0.2, 0) is 4.79 Å². The predicted molar refractivity (Wildman–Crippen MR) is 190 cm³/mol. The number of ketones is 1. The maximum absolute atomic E-state index is 14.1. The molecule has 0 aliphatic carbocycles. The van der Waals surface area contributed by atoms with E-state index in [1.807, 2.05) is 23.1 Å². The number of amides is 1. The summed E-state index contributed by atoms with van der Waals surface area (Å²) in [6.45, 7) is 11.4. The molecule has 0 aromatic heterocycles. The topological polar surface area (TPSA) is 71.6 Å². The van der Waals surface area contributed by atoms with Crippen molar-refractivity contribution in [3.63, 3.8) is 0 Å². The number of halogens is 3. The molecule has 4 aliphatic rings. The van der Waals surface area contributed by atoms with Crippen LogP contribution in [0.25, 0.3) is 0 Å². The highest BCUT2D eigenvalue weighted by atomic mass is 79.9. The number of unbranched alkanes of at least 4 members (excludes halogenated alkanes) is 4. The molecular formula is C39H49BrF2N4O5. The van der Waals surface area contributed by atoms with Crippen LogP contribution in [0.1, 0.15) is 49.4 Å². The molecule has 1 amide bonds. The van der Waals surface area contributed by atoms with Gasteiger partial charge in [-0.3, -0.25) is 14.5 Å². The third-order valence-corrected chi connectivity index (χ3v) is 10.6. The molecule has 3 aromatic carbocycles. The number of carbonyl (C=O) groups excluding carboxylic acids is 2. The number of hydrogen-bond acceptors (Lipinski definition) is 7. The Balaban J connectivity index is 0.00000504. The fraction of sp³-hybridized carbons (Fsp3) is 0.487. The maximum atomic E-state index is 14.1. The number of piperazine rings is 3. The number of anilines is 3. The highest BCUT2D eigenvalue weighted by molar-refractivity contribution is 6.18. The Hall–Kier alpha value is -3.74. The summed E-state index contributed by atoms with van der Waals surface area (Å²) in [7, 11) is 3.11. The number of Topliss-reactive ketones (excluding diaryl/α,β-unsaturated/α-hetero) is 1. The van der Waals surface area contributed by atoms with Gasteiger partial charge in [0.25, 0.3) is 0 Å². The van der Waals surface area contributed by atoms with E-state index in [9.17, 15) is 18.4 Å². The van der Waals surface area contributed by atoms with Crippen molar-refractivity contribution < 1.29 is 54.0 Å². The Morgan fingerprint density at radius 1 is 0.843 bits per heavy atom. The monoisotopic (exact) mass is 770 g/mol. The molecule has 276 valence electrons. The van der Waals surface area contributed by atoms with Crippen molar-refractivity contribution in [3.8, 4) is 17.2 Å². The zero-order valence-electron chi connectivity index (χ0n) is 29.8. The molecule has 0 spiro atoms. The number of nitrogens with zero attached hydrogens (tertiary/aromatic N) is 4. The van der Waals surface area contributed by atoms with E-state index in [1.54, 1.807) is 39.3 Å². The Labute approximate surface area is 310 Å². The fourth-order valence-corrected chi connectivity index (χ4v) is 7.65. The standard InChI is InChI=1S/C39H49F2N4O5.BrH/c1-4-43(30-21-28(40)20-29(41)22-30)39(47)36-27-44(31-23-33(48-2)25-34(24-31)49-3)37-26-32(10-11-35(37)38(36)46)50-19-9-7-5-6-8-15-45-16-12-42(13-17-45)14-18-45;/h10-11,20-26,36H,4-9,12-19,27H2,1-3H3;1H/q+1;/p-1. The van der Waals surface area contributed by atoms with E-state index < -0.39 is 23.5 Å². The highest BCUT2D eigenvalue weighted by Gasteiger charge is 2.40. The number of fused-ring (bicyclic) bond motifs is 4. The van der Waals surface area contributed by atoms with Gasteiger partial charge >= 0.3 is 0 Å². The van der Waals surface area contributed by atoms with Gasteiger partial charge in [0.15, 0.2) is 5.78 Å². The van der Waals surface area contributed by atoms with Crippen molar-refractivity contribution in [1.29, 1.82) is 0 Å². The summed E-state index contributed by atoms with van der Waals surface area (Å²) in [5.41, 5.74) is 1.66. The number of quaternary nitrogens is 1. The summed E-state index contributed by atoms with van der Waals surface area (Å²) in [4.78, 5) is 33.7. The van der Waals surface area contributed by atoms with Crippen molar-refractivity contribution in [2.45, 2.75) is 39.0 Å². The van der Waals surface area contributed by atoms with Crippen LogP contribution in [-0.4, -0.2) is 101 Å². The lowest BCUT2D eigenvalue weighted by Crippen LogP contribution is -3.00. The summed E-state index contributed by atoms with van der Waals surface area (Å²) in [5.74, 6) is -1.94. The Morgan fingerprint density at radius 3 is 2.10 bits per heavy atom. The van der Waals surface area contributed by atoms with E-state index >= 15 is 0 Å². The van der Waals surface area contributed by atoms with Gasteiger partial charge in [-0.05, 0) is 50.5 Å². The molecule has 0 N–H and O–H groups in total. The predicted octanol–water partition coefficient (Wildman–Crippen LogP) is 3.47. The maximum Gasteiger partial charge on any atom is 0.239 e. The number of benzene rings is 3. The lowest BCUT2D eigenvalue weighted by atomic mass is 9.89. The first-order chi connectivity index (χ1) is 24.2. The average molecular weight is 772 g/mol. The number of methoxy groups -OCH3 is 2. The molecule has 1 unspecified atom stereocenters. The van der Waals surface area contributed by atoms with Crippen molar-refractivity contribution in [2.24, 2.45) is 5.92 Å². The van der Waals surface area contributed by atoms with Crippen LogP contribution < -0.4 is 41.0 Å².